The topological polar surface area (TPSA) is 105 Å². The van der Waals surface area contributed by atoms with Crippen molar-refractivity contribution < 1.29 is 36.2 Å². The average Bonchev–Trinajstić information content (AvgIpc) is 2.72. The number of rotatable bonds is 9. The van der Waals surface area contributed by atoms with E-state index < -0.39 is 39.7 Å². The van der Waals surface area contributed by atoms with Gasteiger partial charge in [0.15, 0.2) is 0 Å². The maximum Gasteiger partial charge on any atom is 0.266 e. The van der Waals surface area contributed by atoms with Gasteiger partial charge < -0.3 is 15.2 Å². The van der Waals surface area contributed by atoms with E-state index in [2.05, 4.69) is 10.0 Å². The highest BCUT2D eigenvalue weighted by Crippen LogP contribution is 2.42. The lowest BCUT2D eigenvalue weighted by molar-refractivity contribution is -0.166. The SMILES string of the molecule is Cc1cc(NC(=O)c2ccc(OC(C)C)c(S(=O)(=O)NCC3CC(O)(C(F)F)C3)c2)ccc1F. The summed E-state index contributed by atoms with van der Waals surface area (Å²) in [6.07, 6.45) is -3.69. The zero-order valence-electron chi connectivity index (χ0n) is 18.9. The smallest absolute Gasteiger partial charge is 0.266 e. The molecular weight excluding hydrogens is 473 g/mol. The fourth-order valence-corrected chi connectivity index (χ4v) is 4.98. The molecule has 0 bridgehead atoms. The zero-order chi connectivity index (χ0) is 25.3. The van der Waals surface area contributed by atoms with Gasteiger partial charge in [-0.05, 0) is 81.5 Å². The van der Waals surface area contributed by atoms with Gasteiger partial charge in [0.05, 0.1) is 6.10 Å². The fourth-order valence-electron chi connectivity index (χ4n) is 3.70. The van der Waals surface area contributed by atoms with Crippen LogP contribution in [-0.4, -0.2) is 44.1 Å². The van der Waals surface area contributed by atoms with Crippen molar-refractivity contribution in [2.75, 3.05) is 11.9 Å². The minimum atomic E-state index is -4.18. The molecule has 186 valence electrons. The Morgan fingerprint density at radius 2 is 1.88 bits per heavy atom. The van der Waals surface area contributed by atoms with Gasteiger partial charge in [0.1, 0.15) is 22.1 Å². The molecule has 1 amide bonds. The second-order valence-corrected chi connectivity index (χ2v) is 10.5. The summed E-state index contributed by atoms with van der Waals surface area (Å²) in [5.41, 5.74) is -1.39. The van der Waals surface area contributed by atoms with Crippen molar-refractivity contribution in [1.29, 1.82) is 0 Å². The second kappa shape index (κ2) is 9.93. The summed E-state index contributed by atoms with van der Waals surface area (Å²) in [6.45, 7) is 4.81. The zero-order valence-corrected chi connectivity index (χ0v) is 19.8. The number of carbonyl (C=O) groups excluding carboxylic acids is 1. The molecule has 0 aliphatic heterocycles. The monoisotopic (exact) mass is 500 g/mol. The largest absolute Gasteiger partial charge is 0.490 e. The van der Waals surface area contributed by atoms with Crippen LogP contribution >= 0.6 is 0 Å². The van der Waals surface area contributed by atoms with Crippen molar-refractivity contribution in [1.82, 2.24) is 4.72 Å². The van der Waals surface area contributed by atoms with Gasteiger partial charge in [-0.2, -0.15) is 0 Å². The van der Waals surface area contributed by atoms with Crippen LogP contribution in [0.1, 0.15) is 42.6 Å². The van der Waals surface area contributed by atoms with Gasteiger partial charge in [-0.15, -0.1) is 0 Å². The molecule has 1 saturated carbocycles. The van der Waals surface area contributed by atoms with Crippen molar-refractivity contribution in [3.8, 4) is 5.75 Å². The molecule has 34 heavy (non-hydrogen) atoms. The Hall–Kier alpha value is -2.63. The van der Waals surface area contributed by atoms with Crippen molar-refractivity contribution in [2.45, 2.75) is 56.6 Å². The first kappa shape index (κ1) is 26.0. The molecule has 2 aromatic rings. The quantitative estimate of drug-likeness (QED) is 0.485. The second-order valence-electron chi connectivity index (χ2n) is 8.78. The summed E-state index contributed by atoms with van der Waals surface area (Å²) >= 11 is 0. The molecule has 3 rings (SSSR count). The van der Waals surface area contributed by atoms with E-state index in [1.807, 2.05) is 0 Å². The molecule has 7 nitrogen and oxygen atoms in total. The summed E-state index contributed by atoms with van der Waals surface area (Å²) in [4.78, 5) is 12.4. The Labute approximate surface area is 196 Å². The minimum Gasteiger partial charge on any atom is -0.490 e. The lowest BCUT2D eigenvalue weighted by Crippen LogP contribution is -2.52. The number of amides is 1. The van der Waals surface area contributed by atoms with Crippen LogP contribution in [0.3, 0.4) is 0 Å². The number of nitrogens with one attached hydrogen (secondary N) is 2. The third-order valence-electron chi connectivity index (χ3n) is 5.53. The van der Waals surface area contributed by atoms with E-state index in [1.165, 1.54) is 30.3 Å². The van der Waals surface area contributed by atoms with Crippen LogP contribution < -0.4 is 14.8 Å². The van der Waals surface area contributed by atoms with Crippen LogP contribution in [0.25, 0.3) is 0 Å². The van der Waals surface area contributed by atoms with E-state index in [-0.39, 0.29) is 41.7 Å². The molecule has 3 N–H and O–H groups in total. The Bertz CT molecular complexity index is 1170. The predicted octanol–water partition coefficient (Wildman–Crippen LogP) is 3.86. The lowest BCUT2D eigenvalue weighted by atomic mass is 9.71. The number of hydrogen-bond acceptors (Lipinski definition) is 5. The normalized spacial score (nSPS) is 20.3. The van der Waals surface area contributed by atoms with Crippen LogP contribution in [-0.2, 0) is 10.0 Å². The number of carbonyl (C=O) groups is 1. The summed E-state index contributed by atoms with van der Waals surface area (Å²) in [5.74, 6) is -1.46. The van der Waals surface area contributed by atoms with Gasteiger partial charge in [0, 0.05) is 17.8 Å². The molecule has 11 heteroatoms. The highest BCUT2D eigenvalue weighted by Gasteiger charge is 2.49. The summed E-state index contributed by atoms with van der Waals surface area (Å²) in [5, 5.41) is 12.3. The van der Waals surface area contributed by atoms with Crippen molar-refractivity contribution in [2.24, 2.45) is 5.92 Å². The Balaban J connectivity index is 1.80. The lowest BCUT2D eigenvalue weighted by Gasteiger charge is -2.42. The minimum absolute atomic E-state index is 0.0224. The molecule has 0 atom stereocenters. The number of aliphatic hydroxyl groups is 1. The maximum absolute atomic E-state index is 13.5. The van der Waals surface area contributed by atoms with E-state index in [0.29, 0.717) is 11.3 Å². The molecule has 0 unspecified atom stereocenters. The number of sulfonamides is 1. The molecule has 0 spiro atoms. The number of benzene rings is 2. The number of alkyl halides is 2. The molecule has 1 aliphatic carbocycles. The number of aryl methyl sites for hydroxylation is 1. The Kier molecular flexibility index (Phi) is 7.59. The first-order chi connectivity index (χ1) is 15.8. The Morgan fingerprint density at radius 3 is 2.47 bits per heavy atom. The number of halogens is 3. The van der Waals surface area contributed by atoms with Gasteiger partial charge >= 0.3 is 0 Å². The van der Waals surface area contributed by atoms with Crippen molar-refractivity contribution in [3.63, 3.8) is 0 Å². The maximum atomic E-state index is 13.5. The van der Waals surface area contributed by atoms with E-state index >= 15 is 0 Å². The highest BCUT2D eigenvalue weighted by molar-refractivity contribution is 7.89. The summed E-state index contributed by atoms with van der Waals surface area (Å²) < 4.78 is 73.1. The van der Waals surface area contributed by atoms with Gasteiger partial charge in [-0.3, -0.25) is 4.79 Å². The van der Waals surface area contributed by atoms with Crippen molar-refractivity contribution >= 4 is 21.6 Å². The first-order valence-electron chi connectivity index (χ1n) is 10.7. The molecule has 0 saturated heterocycles. The van der Waals surface area contributed by atoms with Gasteiger partial charge in [0.25, 0.3) is 12.3 Å². The third kappa shape index (κ3) is 5.89. The molecule has 0 heterocycles. The van der Waals surface area contributed by atoms with Crippen LogP contribution in [0.2, 0.25) is 0 Å². The summed E-state index contributed by atoms with van der Waals surface area (Å²) in [7, 11) is -4.18. The van der Waals surface area contributed by atoms with Gasteiger partial charge in [-0.25, -0.2) is 26.3 Å². The average molecular weight is 501 g/mol. The standard InChI is InChI=1S/C23H27F3N2O5S/c1-13(2)33-19-7-4-16(21(29)28-17-5-6-18(24)14(3)8-17)9-20(19)34(31,32)27-12-15-10-23(30,11-15)22(25)26/h4-9,13,15,22,27,30H,10-12H2,1-3H3,(H,28,29). The molecule has 1 fully saturated rings. The first-order valence-corrected chi connectivity index (χ1v) is 12.2. The number of hydrogen-bond donors (Lipinski definition) is 3. The molecule has 2 aromatic carbocycles. The van der Waals surface area contributed by atoms with Crippen LogP contribution in [0.15, 0.2) is 41.3 Å². The fraction of sp³-hybridized carbons (Fsp3) is 0.435. The predicted molar refractivity (Wildman–Crippen MR) is 120 cm³/mol. The van der Waals surface area contributed by atoms with E-state index in [4.69, 9.17) is 4.74 Å². The van der Waals surface area contributed by atoms with Gasteiger partial charge in [0.2, 0.25) is 10.0 Å². The van der Waals surface area contributed by atoms with E-state index in [0.717, 1.165) is 6.07 Å². The number of anilines is 1. The van der Waals surface area contributed by atoms with Crippen LogP contribution in [0.4, 0.5) is 18.9 Å². The summed E-state index contributed by atoms with van der Waals surface area (Å²) in [6, 6.07) is 7.95. The van der Waals surface area contributed by atoms with E-state index in [9.17, 15) is 31.5 Å². The highest BCUT2D eigenvalue weighted by atomic mass is 32.2. The Morgan fingerprint density at radius 1 is 1.21 bits per heavy atom. The third-order valence-corrected chi connectivity index (χ3v) is 6.97. The molecule has 0 aromatic heterocycles. The van der Waals surface area contributed by atoms with Crippen LogP contribution in [0, 0.1) is 18.7 Å². The van der Waals surface area contributed by atoms with Crippen molar-refractivity contribution in [3.05, 3.63) is 53.3 Å². The molecule has 0 radical (unpaired) electrons. The molecular formula is C23H27F3N2O5S. The number of ether oxygens (including phenoxy) is 1. The van der Waals surface area contributed by atoms with Crippen LogP contribution in [0.5, 0.6) is 5.75 Å². The molecule has 1 aliphatic rings. The van der Waals surface area contributed by atoms with Gasteiger partial charge in [-0.1, -0.05) is 0 Å². The van der Waals surface area contributed by atoms with E-state index in [1.54, 1.807) is 20.8 Å².